The number of amides is 1. The molecule has 0 aliphatic heterocycles. The molecule has 5 aromatic rings. The molecule has 0 bridgehead atoms. The van der Waals surface area contributed by atoms with Crippen LogP contribution < -0.4 is 15.4 Å². The maximum atomic E-state index is 12.7. The second-order valence-corrected chi connectivity index (χ2v) is 9.77. The predicted octanol–water partition coefficient (Wildman–Crippen LogP) is 4.85. The lowest BCUT2D eigenvalue weighted by Gasteiger charge is -2.15. The van der Waals surface area contributed by atoms with Crippen LogP contribution in [0.15, 0.2) is 85.3 Å². The highest BCUT2D eigenvalue weighted by Crippen LogP contribution is 2.34. The molecular weight excluding hydrogens is 518 g/mol. The zero-order valence-corrected chi connectivity index (χ0v) is 23.4. The van der Waals surface area contributed by atoms with Crippen LogP contribution in [0.4, 0.5) is 17.2 Å². The van der Waals surface area contributed by atoms with Crippen molar-refractivity contribution in [3.8, 4) is 5.75 Å². The Kier molecular flexibility index (Phi) is 8.82. The molecule has 0 radical (unpaired) electrons. The van der Waals surface area contributed by atoms with E-state index in [1.165, 1.54) is 18.0 Å². The molecule has 0 fully saturated rings. The van der Waals surface area contributed by atoms with Crippen molar-refractivity contribution in [3.63, 3.8) is 0 Å². The zero-order valence-electron chi connectivity index (χ0n) is 23.4. The molecule has 0 saturated carbocycles. The number of nitrogens with one attached hydrogen (secondary N) is 2. The van der Waals surface area contributed by atoms with Gasteiger partial charge in [-0.15, -0.1) is 0 Å². The normalized spacial score (nSPS) is 11.5. The van der Waals surface area contributed by atoms with Gasteiger partial charge in [-0.1, -0.05) is 36.4 Å². The smallest absolute Gasteiger partial charge is 0.248 e. The molecule has 0 saturated heterocycles. The lowest BCUT2D eigenvalue weighted by atomic mass is 10.1. The summed E-state index contributed by atoms with van der Waals surface area (Å²) in [5.74, 6) is 0.848. The summed E-state index contributed by atoms with van der Waals surface area (Å²) in [6.07, 6.45) is 6.68. The Hall–Kier alpha value is -4.80. The van der Waals surface area contributed by atoms with Gasteiger partial charge in [0.15, 0.2) is 0 Å². The number of carbonyl (C=O) groups is 1. The van der Waals surface area contributed by atoms with E-state index in [0.717, 1.165) is 22.0 Å². The maximum Gasteiger partial charge on any atom is 0.248 e. The third-order valence-corrected chi connectivity index (χ3v) is 6.36. The van der Waals surface area contributed by atoms with E-state index in [1.54, 1.807) is 19.3 Å². The second-order valence-electron chi connectivity index (χ2n) is 9.77. The standard InChI is InChI=1S/C31H33N7O3/c1-37(2)13-7-10-30(39)36-27-17-25-26(18-29(27)41-15-14-40-3)32-21-33-31(25)35-24-11-12-28-23(16-24)19-34-38(28)20-22-8-5-4-6-9-22/h4-12,16-19,21H,13-15,20H2,1-3H3,(H,36,39)(H,32,33,35). The van der Waals surface area contributed by atoms with E-state index in [-0.39, 0.29) is 5.91 Å². The lowest BCUT2D eigenvalue weighted by molar-refractivity contribution is -0.111. The largest absolute Gasteiger partial charge is 0.489 e. The Morgan fingerprint density at radius 3 is 2.71 bits per heavy atom. The van der Waals surface area contributed by atoms with Crippen LogP contribution in [0, 0.1) is 0 Å². The van der Waals surface area contributed by atoms with Crippen molar-refractivity contribution in [3.05, 3.63) is 90.9 Å². The number of anilines is 3. The summed E-state index contributed by atoms with van der Waals surface area (Å²) in [5.41, 5.74) is 4.27. The topological polar surface area (TPSA) is 106 Å². The van der Waals surface area contributed by atoms with Crippen molar-refractivity contribution in [2.75, 3.05) is 51.6 Å². The number of methoxy groups -OCH3 is 1. The number of rotatable bonds is 12. The monoisotopic (exact) mass is 551 g/mol. The molecule has 0 aliphatic carbocycles. The molecule has 0 aliphatic rings. The number of ether oxygens (including phenoxy) is 2. The van der Waals surface area contributed by atoms with E-state index in [9.17, 15) is 4.79 Å². The highest BCUT2D eigenvalue weighted by molar-refractivity contribution is 6.03. The minimum Gasteiger partial charge on any atom is -0.489 e. The molecule has 10 heteroatoms. The Morgan fingerprint density at radius 1 is 1.05 bits per heavy atom. The second kappa shape index (κ2) is 13.0. The van der Waals surface area contributed by atoms with Crippen molar-refractivity contribution in [2.24, 2.45) is 0 Å². The van der Waals surface area contributed by atoms with E-state index in [0.29, 0.717) is 49.1 Å². The number of hydrogen-bond acceptors (Lipinski definition) is 8. The maximum absolute atomic E-state index is 12.7. The van der Waals surface area contributed by atoms with Gasteiger partial charge in [0.1, 0.15) is 24.5 Å². The summed E-state index contributed by atoms with van der Waals surface area (Å²) < 4.78 is 13.0. The molecule has 3 aromatic carbocycles. The molecule has 2 N–H and O–H groups in total. The van der Waals surface area contributed by atoms with Gasteiger partial charge >= 0.3 is 0 Å². The molecule has 41 heavy (non-hydrogen) atoms. The van der Waals surface area contributed by atoms with Gasteiger partial charge in [-0.25, -0.2) is 9.97 Å². The third-order valence-electron chi connectivity index (χ3n) is 6.36. The van der Waals surface area contributed by atoms with Crippen molar-refractivity contribution >= 4 is 44.9 Å². The quantitative estimate of drug-likeness (QED) is 0.167. The zero-order chi connectivity index (χ0) is 28.6. The van der Waals surface area contributed by atoms with Crippen molar-refractivity contribution < 1.29 is 14.3 Å². The first-order chi connectivity index (χ1) is 20.0. The average molecular weight is 552 g/mol. The van der Waals surface area contributed by atoms with Gasteiger partial charge in [0.05, 0.1) is 36.1 Å². The summed E-state index contributed by atoms with van der Waals surface area (Å²) in [5, 5.41) is 12.7. The van der Waals surface area contributed by atoms with Crippen LogP contribution in [0.2, 0.25) is 0 Å². The van der Waals surface area contributed by atoms with Crippen molar-refractivity contribution in [2.45, 2.75) is 6.54 Å². The number of aromatic nitrogens is 4. The average Bonchev–Trinajstić information content (AvgIpc) is 3.35. The van der Waals surface area contributed by atoms with Crippen LogP contribution in [-0.4, -0.2) is 71.5 Å². The van der Waals surface area contributed by atoms with Crippen molar-refractivity contribution in [1.82, 2.24) is 24.6 Å². The predicted molar refractivity (Wildman–Crippen MR) is 162 cm³/mol. The first-order valence-electron chi connectivity index (χ1n) is 13.3. The van der Waals surface area contributed by atoms with Gasteiger partial charge in [-0.2, -0.15) is 5.10 Å². The Morgan fingerprint density at radius 2 is 1.90 bits per heavy atom. The molecule has 5 rings (SSSR count). The van der Waals surface area contributed by atoms with E-state index < -0.39 is 0 Å². The Labute approximate surface area is 238 Å². The lowest BCUT2D eigenvalue weighted by Crippen LogP contribution is -2.14. The van der Waals surface area contributed by atoms with Crippen molar-refractivity contribution in [1.29, 1.82) is 0 Å². The minimum absolute atomic E-state index is 0.257. The fourth-order valence-electron chi connectivity index (χ4n) is 4.36. The summed E-state index contributed by atoms with van der Waals surface area (Å²) in [6, 6.07) is 20.0. The van der Waals surface area contributed by atoms with Crippen LogP contribution in [0.5, 0.6) is 5.75 Å². The van der Waals surface area contributed by atoms with Crippen LogP contribution in [0.3, 0.4) is 0 Å². The van der Waals surface area contributed by atoms with Gasteiger partial charge < -0.3 is 25.0 Å². The SMILES string of the molecule is COCCOc1cc2ncnc(Nc3ccc4c(cnn4Cc4ccccc4)c3)c2cc1NC(=O)C=CCN(C)C. The van der Waals surface area contributed by atoms with Gasteiger partial charge in [0.25, 0.3) is 0 Å². The first kappa shape index (κ1) is 27.8. The minimum atomic E-state index is -0.257. The Bertz CT molecular complexity index is 1670. The van der Waals surface area contributed by atoms with Gasteiger partial charge in [0, 0.05) is 42.3 Å². The molecule has 0 atom stereocenters. The van der Waals surface area contributed by atoms with E-state index in [1.807, 2.05) is 72.3 Å². The number of fused-ring (bicyclic) bond motifs is 2. The third kappa shape index (κ3) is 7.05. The fraction of sp³-hybridized carbons (Fsp3) is 0.226. The van der Waals surface area contributed by atoms with Gasteiger partial charge in [-0.05, 0) is 43.9 Å². The molecule has 2 heterocycles. The highest BCUT2D eigenvalue weighted by atomic mass is 16.5. The molecule has 210 valence electrons. The summed E-state index contributed by atoms with van der Waals surface area (Å²) in [6.45, 7) is 2.09. The van der Waals surface area contributed by atoms with Gasteiger partial charge in [-0.3, -0.25) is 9.48 Å². The molecule has 2 aromatic heterocycles. The Balaban J connectivity index is 1.42. The molecule has 0 unspecified atom stereocenters. The fourth-order valence-corrected chi connectivity index (χ4v) is 4.36. The summed E-state index contributed by atoms with van der Waals surface area (Å²) in [4.78, 5) is 23.6. The molecular formula is C31H33N7O3. The number of nitrogens with zero attached hydrogens (tertiary/aromatic N) is 5. The van der Waals surface area contributed by atoms with Crippen LogP contribution in [0.1, 0.15) is 5.56 Å². The van der Waals surface area contributed by atoms with Gasteiger partial charge in [0.2, 0.25) is 5.91 Å². The number of likely N-dealkylation sites (N-methyl/N-ethyl adjacent to an activating group) is 1. The van der Waals surface area contributed by atoms with Crippen LogP contribution in [0.25, 0.3) is 21.8 Å². The first-order valence-corrected chi connectivity index (χ1v) is 13.3. The van der Waals surface area contributed by atoms with Crippen LogP contribution >= 0.6 is 0 Å². The molecule has 1 amide bonds. The number of benzene rings is 3. The van der Waals surface area contributed by atoms with E-state index >= 15 is 0 Å². The van der Waals surface area contributed by atoms with E-state index in [4.69, 9.17) is 9.47 Å². The van der Waals surface area contributed by atoms with E-state index in [2.05, 4.69) is 37.8 Å². The summed E-state index contributed by atoms with van der Waals surface area (Å²) >= 11 is 0. The highest BCUT2D eigenvalue weighted by Gasteiger charge is 2.14. The molecule has 0 spiro atoms. The molecule has 10 nitrogen and oxygen atoms in total. The van der Waals surface area contributed by atoms with Crippen LogP contribution in [-0.2, 0) is 16.1 Å². The number of carbonyl (C=O) groups excluding carboxylic acids is 1. The number of hydrogen-bond donors (Lipinski definition) is 2. The summed E-state index contributed by atoms with van der Waals surface area (Å²) in [7, 11) is 5.49.